The van der Waals surface area contributed by atoms with E-state index in [-0.39, 0.29) is 17.1 Å². The van der Waals surface area contributed by atoms with E-state index in [9.17, 15) is 13.2 Å². The fourth-order valence-electron chi connectivity index (χ4n) is 3.15. The Morgan fingerprint density at radius 1 is 1.16 bits per heavy atom. The van der Waals surface area contributed by atoms with Crippen LogP contribution in [0.15, 0.2) is 41.4 Å². The molecule has 1 unspecified atom stereocenters. The standard InChI is InChI=1S/C19H22N2O3S/c1-2-3-5-10-18-20-13-15-16(21-18)11-12-17(19(15)22)25(23,24)14-8-6-4-7-9-14/h4,6-9,13,17H,2-3,5,10-12H2,1H3. The molecular weight excluding hydrogens is 336 g/mol. The van der Waals surface area contributed by atoms with Crippen molar-refractivity contribution in [1.29, 1.82) is 0 Å². The van der Waals surface area contributed by atoms with Crippen LogP contribution in [0.4, 0.5) is 0 Å². The van der Waals surface area contributed by atoms with Crippen molar-refractivity contribution < 1.29 is 13.2 Å². The molecule has 0 aliphatic heterocycles. The van der Waals surface area contributed by atoms with Gasteiger partial charge in [0.15, 0.2) is 15.6 Å². The minimum absolute atomic E-state index is 0.189. The number of benzene rings is 1. The monoisotopic (exact) mass is 358 g/mol. The molecule has 0 amide bonds. The summed E-state index contributed by atoms with van der Waals surface area (Å²) in [5, 5.41) is -1.04. The van der Waals surface area contributed by atoms with Gasteiger partial charge in [0.1, 0.15) is 11.1 Å². The number of sulfone groups is 1. The molecule has 1 atom stereocenters. The molecule has 1 aromatic carbocycles. The molecule has 1 aliphatic rings. The second kappa shape index (κ2) is 7.44. The maximum atomic E-state index is 12.8. The number of unbranched alkanes of at least 4 members (excludes halogenated alkanes) is 2. The summed E-state index contributed by atoms with van der Waals surface area (Å²) in [7, 11) is -3.69. The van der Waals surface area contributed by atoms with Gasteiger partial charge in [-0.3, -0.25) is 4.79 Å². The Balaban J connectivity index is 1.84. The number of fused-ring (bicyclic) bond motifs is 1. The zero-order valence-corrected chi connectivity index (χ0v) is 15.1. The second-order valence-corrected chi connectivity index (χ2v) is 8.48. The van der Waals surface area contributed by atoms with Gasteiger partial charge >= 0.3 is 0 Å². The van der Waals surface area contributed by atoms with E-state index in [4.69, 9.17) is 0 Å². The van der Waals surface area contributed by atoms with Crippen molar-refractivity contribution in [2.24, 2.45) is 0 Å². The van der Waals surface area contributed by atoms with E-state index in [0.717, 1.165) is 31.5 Å². The van der Waals surface area contributed by atoms with Gasteiger partial charge in [0.25, 0.3) is 0 Å². The van der Waals surface area contributed by atoms with E-state index in [2.05, 4.69) is 16.9 Å². The molecule has 6 heteroatoms. The quantitative estimate of drug-likeness (QED) is 0.741. The lowest BCUT2D eigenvalue weighted by Gasteiger charge is -2.22. The van der Waals surface area contributed by atoms with Gasteiger partial charge in [-0.1, -0.05) is 38.0 Å². The molecule has 0 spiro atoms. The molecule has 0 bridgehead atoms. The molecule has 5 nitrogen and oxygen atoms in total. The first-order valence-electron chi connectivity index (χ1n) is 8.72. The number of hydrogen-bond donors (Lipinski definition) is 0. The van der Waals surface area contributed by atoms with Crippen LogP contribution in [-0.4, -0.2) is 29.4 Å². The lowest BCUT2D eigenvalue weighted by Crippen LogP contribution is -2.35. The first-order chi connectivity index (χ1) is 12.0. The number of carbonyl (C=O) groups excluding carboxylic acids is 1. The number of aryl methyl sites for hydroxylation is 2. The summed E-state index contributed by atoms with van der Waals surface area (Å²) < 4.78 is 25.6. The van der Waals surface area contributed by atoms with Gasteiger partial charge in [-0.25, -0.2) is 18.4 Å². The molecule has 3 rings (SSSR count). The van der Waals surface area contributed by atoms with E-state index in [1.54, 1.807) is 18.2 Å². The largest absolute Gasteiger partial charge is 0.293 e. The van der Waals surface area contributed by atoms with Crippen LogP contribution in [0.5, 0.6) is 0 Å². The summed E-state index contributed by atoms with van der Waals surface area (Å²) in [5.41, 5.74) is 1.04. The minimum atomic E-state index is -3.69. The molecule has 0 fully saturated rings. The maximum absolute atomic E-state index is 12.8. The Hall–Kier alpha value is -2.08. The number of Topliss-reactive ketones (excluding diaryl/α,β-unsaturated/α-hetero) is 1. The molecule has 2 aromatic rings. The molecule has 0 N–H and O–H groups in total. The van der Waals surface area contributed by atoms with Crippen molar-refractivity contribution >= 4 is 15.6 Å². The third-order valence-electron chi connectivity index (χ3n) is 4.57. The SMILES string of the molecule is CCCCCc1ncc2c(n1)CCC(S(=O)(=O)c1ccccc1)C2=O. The third kappa shape index (κ3) is 3.63. The predicted octanol–water partition coefficient (Wildman–Crippen LogP) is 3.18. The van der Waals surface area contributed by atoms with Gasteiger partial charge in [-0.15, -0.1) is 0 Å². The fraction of sp³-hybridized carbons (Fsp3) is 0.421. The van der Waals surface area contributed by atoms with E-state index < -0.39 is 15.1 Å². The van der Waals surface area contributed by atoms with Gasteiger partial charge < -0.3 is 0 Å². The number of hydrogen-bond acceptors (Lipinski definition) is 5. The van der Waals surface area contributed by atoms with E-state index >= 15 is 0 Å². The van der Waals surface area contributed by atoms with Crippen molar-refractivity contribution in [3.8, 4) is 0 Å². The fourth-order valence-corrected chi connectivity index (χ4v) is 4.85. The Bertz CT molecular complexity index is 863. The van der Waals surface area contributed by atoms with Crippen LogP contribution in [0.2, 0.25) is 0 Å². The lowest BCUT2D eigenvalue weighted by molar-refractivity contribution is 0.0975. The van der Waals surface area contributed by atoms with Crippen LogP contribution in [0.3, 0.4) is 0 Å². The zero-order valence-electron chi connectivity index (χ0n) is 14.3. The Labute approximate surface area is 148 Å². The number of carbonyl (C=O) groups is 1. The molecule has 0 saturated carbocycles. The molecule has 0 radical (unpaired) electrons. The van der Waals surface area contributed by atoms with Crippen LogP contribution in [0, 0.1) is 0 Å². The van der Waals surface area contributed by atoms with E-state index in [1.807, 2.05) is 0 Å². The highest BCUT2D eigenvalue weighted by Gasteiger charge is 2.38. The van der Waals surface area contributed by atoms with Gasteiger partial charge in [-0.05, 0) is 31.4 Å². The normalized spacial score (nSPS) is 17.3. The first-order valence-corrected chi connectivity index (χ1v) is 10.3. The summed E-state index contributed by atoms with van der Waals surface area (Å²) in [6, 6.07) is 8.15. The van der Waals surface area contributed by atoms with Crippen LogP contribution in [0.25, 0.3) is 0 Å². The summed E-state index contributed by atoms with van der Waals surface area (Å²) in [6.07, 6.45) is 6.34. The molecule has 1 aliphatic carbocycles. The average Bonchev–Trinajstić information content (AvgIpc) is 2.63. The topological polar surface area (TPSA) is 77.0 Å². The predicted molar refractivity (Wildman–Crippen MR) is 95.3 cm³/mol. The lowest BCUT2D eigenvalue weighted by atomic mass is 9.95. The smallest absolute Gasteiger partial charge is 0.188 e. The molecule has 25 heavy (non-hydrogen) atoms. The molecule has 132 valence electrons. The summed E-state index contributed by atoms with van der Waals surface area (Å²) >= 11 is 0. The minimum Gasteiger partial charge on any atom is -0.293 e. The molecule has 0 saturated heterocycles. The van der Waals surface area contributed by atoms with Crippen LogP contribution >= 0.6 is 0 Å². The van der Waals surface area contributed by atoms with Crippen LogP contribution in [0.1, 0.15) is 54.5 Å². The van der Waals surface area contributed by atoms with Crippen LogP contribution < -0.4 is 0 Å². The highest BCUT2D eigenvalue weighted by atomic mass is 32.2. The van der Waals surface area contributed by atoms with Gasteiger partial charge in [-0.2, -0.15) is 0 Å². The van der Waals surface area contributed by atoms with Gasteiger partial charge in [0.2, 0.25) is 0 Å². The number of aromatic nitrogens is 2. The Kier molecular flexibility index (Phi) is 5.27. The van der Waals surface area contributed by atoms with Gasteiger partial charge in [0.05, 0.1) is 16.2 Å². The van der Waals surface area contributed by atoms with Gasteiger partial charge in [0, 0.05) is 12.6 Å². The summed E-state index contributed by atoms with van der Waals surface area (Å²) in [6.45, 7) is 2.14. The van der Waals surface area contributed by atoms with Crippen LogP contribution in [-0.2, 0) is 22.7 Å². The van der Waals surface area contributed by atoms with Crippen molar-refractivity contribution in [1.82, 2.24) is 9.97 Å². The van der Waals surface area contributed by atoms with Crippen molar-refractivity contribution in [3.63, 3.8) is 0 Å². The highest BCUT2D eigenvalue weighted by molar-refractivity contribution is 7.92. The second-order valence-electron chi connectivity index (χ2n) is 6.35. The zero-order chi connectivity index (χ0) is 17.9. The van der Waals surface area contributed by atoms with Crippen molar-refractivity contribution in [3.05, 3.63) is 53.6 Å². The molecule has 1 heterocycles. The third-order valence-corrected chi connectivity index (χ3v) is 6.70. The van der Waals surface area contributed by atoms with Crippen molar-refractivity contribution in [2.45, 2.75) is 55.6 Å². The number of rotatable bonds is 6. The van der Waals surface area contributed by atoms with Crippen molar-refractivity contribution in [2.75, 3.05) is 0 Å². The number of nitrogens with zero attached hydrogens (tertiary/aromatic N) is 2. The summed E-state index contributed by atoms with van der Waals surface area (Å²) in [5.74, 6) is 0.356. The maximum Gasteiger partial charge on any atom is 0.188 e. The molecule has 1 aromatic heterocycles. The van der Waals surface area contributed by atoms with E-state index in [1.165, 1.54) is 18.3 Å². The highest BCUT2D eigenvalue weighted by Crippen LogP contribution is 2.28. The Morgan fingerprint density at radius 3 is 2.64 bits per heavy atom. The summed E-state index contributed by atoms with van der Waals surface area (Å²) in [4.78, 5) is 21.7. The first kappa shape index (κ1) is 17.7. The van der Waals surface area contributed by atoms with E-state index in [0.29, 0.717) is 17.7 Å². The number of ketones is 1. The Morgan fingerprint density at radius 2 is 1.92 bits per heavy atom. The molecular formula is C19H22N2O3S. The average molecular weight is 358 g/mol.